The molecule has 0 heterocycles. The molecule has 4 rings (SSSR count). The predicted octanol–water partition coefficient (Wildman–Crippen LogP) is 5.47. The number of benzene rings is 4. The van der Waals surface area contributed by atoms with Crippen LogP contribution < -0.4 is 0 Å². The highest BCUT2D eigenvalue weighted by Crippen LogP contribution is 2.21. The van der Waals surface area contributed by atoms with Crippen molar-refractivity contribution in [2.45, 2.75) is 6.04 Å². The second-order valence-electron chi connectivity index (χ2n) is 7.93. The van der Waals surface area contributed by atoms with Gasteiger partial charge in [0.2, 0.25) is 0 Å². The minimum atomic E-state index is -1.03. The molecule has 4 aromatic rings. The average molecular weight is 438 g/mol. The number of nitrogens with zero attached hydrogens (tertiary/aromatic N) is 1. The molecule has 0 aromatic heterocycles. The van der Waals surface area contributed by atoms with Gasteiger partial charge in [-0.3, -0.25) is 9.69 Å². The van der Waals surface area contributed by atoms with E-state index >= 15 is 0 Å². The molecule has 0 amide bonds. The van der Waals surface area contributed by atoms with Crippen LogP contribution in [0.4, 0.5) is 0 Å². The van der Waals surface area contributed by atoms with E-state index < -0.39 is 18.6 Å². The Bertz CT molecular complexity index is 1210. The maximum absolute atomic E-state index is 11.7. The minimum absolute atomic E-state index is 0.403. The summed E-state index contributed by atoms with van der Waals surface area (Å²) in [6.45, 7) is 0.362. The Labute approximate surface area is 193 Å². The van der Waals surface area contributed by atoms with Gasteiger partial charge in [0.15, 0.2) is 0 Å². The van der Waals surface area contributed by atoms with Gasteiger partial charge in [-0.05, 0) is 32.7 Å². The molecule has 0 saturated heterocycles. The Kier molecular flexibility index (Phi) is 7.30. The third kappa shape index (κ3) is 5.37. The molecule has 0 spiro atoms. The fourth-order valence-corrected chi connectivity index (χ4v) is 4.10. The van der Waals surface area contributed by atoms with E-state index in [1.165, 1.54) is 0 Å². The lowest BCUT2D eigenvalue weighted by Crippen LogP contribution is -2.44. The summed E-state index contributed by atoms with van der Waals surface area (Å²) >= 11 is 0. The van der Waals surface area contributed by atoms with Gasteiger partial charge in [-0.1, -0.05) is 109 Å². The second kappa shape index (κ2) is 10.7. The smallest absolute Gasteiger partial charge is 0.323 e. The maximum Gasteiger partial charge on any atom is 0.323 e. The van der Waals surface area contributed by atoms with Crippen molar-refractivity contribution in [2.24, 2.45) is 0 Å². The summed E-state index contributed by atoms with van der Waals surface area (Å²) in [5, 5.41) is 23.9. The normalized spacial score (nSPS) is 12.9. The van der Waals surface area contributed by atoms with Crippen LogP contribution >= 0.6 is 0 Å². The SMILES string of the molecule is O=C(O)C(CO)N(CC=Cc1cccc2ccccc12)CC=Cc1cccc2ccccc12. The first-order valence-electron chi connectivity index (χ1n) is 11.0. The topological polar surface area (TPSA) is 60.8 Å². The zero-order valence-corrected chi connectivity index (χ0v) is 18.3. The Morgan fingerprint density at radius 1 is 0.727 bits per heavy atom. The Hall–Kier alpha value is -3.73. The first-order valence-corrected chi connectivity index (χ1v) is 11.0. The summed E-state index contributed by atoms with van der Waals surface area (Å²) in [4.78, 5) is 13.5. The summed E-state index contributed by atoms with van der Waals surface area (Å²) in [6, 6.07) is 27.6. The molecule has 0 fully saturated rings. The highest BCUT2D eigenvalue weighted by molar-refractivity contribution is 5.91. The van der Waals surface area contributed by atoms with Gasteiger partial charge in [0.1, 0.15) is 6.04 Å². The number of aliphatic hydroxyl groups excluding tert-OH is 1. The Morgan fingerprint density at radius 3 is 1.64 bits per heavy atom. The lowest BCUT2D eigenvalue weighted by molar-refractivity contribution is -0.144. The van der Waals surface area contributed by atoms with Crippen LogP contribution in [0.3, 0.4) is 0 Å². The first kappa shape index (κ1) is 22.5. The van der Waals surface area contributed by atoms with Crippen molar-refractivity contribution in [1.29, 1.82) is 0 Å². The molecule has 33 heavy (non-hydrogen) atoms. The van der Waals surface area contributed by atoms with Crippen LogP contribution in [0.25, 0.3) is 33.7 Å². The van der Waals surface area contributed by atoms with Crippen LogP contribution in [-0.4, -0.2) is 46.8 Å². The number of carboxylic acid groups (broad SMARTS) is 1. The van der Waals surface area contributed by atoms with E-state index in [0.717, 1.165) is 32.7 Å². The van der Waals surface area contributed by atoms with Crippen LogP contribution in [-0.2, 0) is 4.79 Å². The number of hydrogen-bond donors (Lipinski definition) is 2. The highest BCUT2D eigenvalue weighted by atomic mass is 16.4. The van der Waals surface area contributed by atoms with Crippen LogP contribution in [0.15, 0.2) is 97.1 Å². The summed E-state index contributed by atoms with van der Waals surface area (Å²) in [7, 11) is 0. The molecule has 0 radical (unpaired) electrons. The van der Waals surface area contributed by atoms with Gasteiger partial charge in [0, 0.05) is 13.1 Å². The third-order valence-corrected chi connectivity index (χ3v) is 5.82. The molecule has 1 unspecified atom stereocenters. The molecule has 1 atom stereocenters. The lowest BCUT2D eigenvalue weighted by Gasteiger charge is -2.25. The standard InChI is InChI=1S/C29H27NO3/c31-21-28(29(32)33)30(19-7-15-24-13-5-11-22-9-1-3-17-26(22)24)20-8-16-25-14-6-12-23-10-2-4-18-27(23)25/h1-18,28,31H,19-21H2,(H,32,33). The van der Waals surface area contributed by atoms with Crippen LogP contribution in [0, 0.1) is 0 Å². The fourth-order valence-electron chi connectivity index (χ4n) is 4.10. The van der Waals surface area contributed by atoms with Crippen LogP contribution in [0.5, 0.6) is 0 Å². The number of fused-ring (bicyclic) bond motifs is 2. The number of carbonyl (C=O) groups is 1. The molecule has 0 aliphatic carbocycles. The number of aliphatic hydroxyl groups is 1. The summed E-state index contributed by atoms with van der Waals surface area (Å²) in [6.07, 6.45) is 7.94. The zero-order valence-electron chi connectivity index (χ0n) is 18.3. The van der Waals surface area contributed by atoms with Gasteiger partial charge in [-0.2, -0.15) is 0 Å². The first-order chi connectivity index (χ1) is 16.2. The van der Waals surface area contributed by atoms with Crippen molar-refractivity contribution in [3.05, 3.63) is 108 Å². The molecule has 166 valence electrons. The Morgan fingerprint density at radius 2 is 1.18 bits per heavy atom. The molecule has 4 aromatic carbocycles. The van der Waals surface area contributed by atoms with Gasteiger partial charge in [0.25, 0.3) is 0 Å². The summed E-state index contributed by atoms with van der Waals surface area (Å²) < 4.78 is 0. The van der Waals surface area contributed by atoms with Crippen molar-refractivity contribution >= 4 is 39.7 Å². The number of carboxylic acids is 1. The van der Waals surface area contributed by atoms with Crippen LogP contribution in [0.1, 0.15) is 11.1 Å². The van der Waals surface area contributed by atoms with E-state index in [1.807, 2.05) is 72.8 Å². The van der Waals surface area contributed by atoms with Crippen molar-refractivity contribution in [1.82, 2.24) is 4.90 Å². The number of hydrogen-bond acceptors (Lipinski definition) is 3. The molecule has 4 heteroatoms. The molecule has 0 aliphatic rings. The molecule has 2 N–H and O–H groups in total. The molecule has 0 bridgehead atoms. The van der Waals surface area contributed by atoms with E-state index in [4.69, 9.17) is 0 Å². The Balaban J connectivity index is 1.53. The van der Waals surface area contributed by atoms with Gasteiger partial charge >= 0.3 is 5.97 Å². The van der Waals surface area contributed by atoms with E-state index in [-0.39, 0.29) is 0 Å². The van der Waals surface area contributed by atoms with Gasteiger partial charge in [-0.15, -0.1) is 0 Å². The van der Waals surface area contributed by atoms with Crippen molar-refractivity contribution < 1.29 is 15.0 Å². The van der Waals surface area contributed by atoms with Crippen molar-refractivity contribution in [3.8, 4) is 0 Å². The molecule has 4 nitrogen and oxygen atoms in total. The molecule has 0 aliphatic heterocycles. The number of aliphatic carboxylic acids is 1. The van der Waals surface area contributed by atoms with Crippen molar-refractivity contribution in [2.75, 3.05) is 19.7 Å². The minimum Gasteiger partial charge on any atom is -0.480 e. The highest BCUT2D eigenvalue weighted by Gasteiger charge is 2.23. The van der Waals surface area contributed by atoms with Gasteiger partial charge in [-0.25, -0.2) is 0 Å². The molecular formula is C29H27NO3. The van der Waals surface area contributed by atoms with Gasteiger partial charge < -0.3 is 10.2 Å². The quantitative estimate of drug-likeness (QED) is 0.365. The largest absolute Gasteiger partial charge is 0.480 e. The maximum atomic E-state index is 11.7. The average Bonchev–Trinajstić information content (AvgIpc) is 2.84. The van der Waals surface area contributed by atoms with E-state index in [1.54, 1.807) is 4.90 Å². The predicted molar refractivity (Wildman–Crippen MR) is 136 cm³/mol. The summed E-state index contributed by atoms with van der Waals surface area (Å²) in [5.74, 6) is -1.03. The second-order valence-corrected chi connectivity index (χ2v) is 7.93. The van der Waals surface area contributed by atoms with E-state index in [0.29, 0.717) is 13.1 Å². The van der Waals surface area contributed by atoms with E-state index in [9.17, 15) is 15.0 Å². The zero-order chi connectivity index (χ0) is 23.0. The van der Waals surface area contributed by atoms with Crippen LogP contribution in [0.2, 0.25) is 0 Å². The van der Waals surface area contributed by atoms with E-state index in [2.05, 4.69) is 36.4 Å². The summed E-state index contributed by atoms with van der Waals surface area (Å²) in [5.41, 5.74) is 2.16. The third-order valence-electron chi connectivity index (χ3n) is 5.82. The van der Waals surface area contributed by atoms with Gasteiger partial charge in [0.05, 0.1) is 6.61 Å². The number of rotatable bonds is 9. The lowest BCUT2D eigenvalue weighted by atomic mass is 10.0. The monoisotopic (exact) mass is 437 g/mol. The molecular weight excluding hydrogens is 410 g/mol. The fraction of sp³-hybridized carbons (Fsp3) is 0.138. The molecule has 0 saturated carbocycles. The van der Waals surface area contributed by atoms with Crippen molar-refractivity contribution in [3.63, 3.8) is 0 Å².